The number of nitrogens with one attached hydrogen (secondary N) is 1. The Kier molecular flexibility index (Phi) is 3.76. The van der Waals surface area contributed by atoms with Crippen LogP contribution in [0.1, 0.15) is 57.2 Å². The molecule has 0 atom stereocenters. The van der Waals surface area contributed by atoms with Crippen molar-refractivity contribution in [3.05, 3.63) is 11.1 Å². The maximum absolute atomic E-state index is 4.39. The Morgan fingerprint density at radius 2 is 1.88 bits per heavy atom. The van der Waals surface area contributed by atoms with Crippen molar-refractivity contribution in [1.29, 1.82) is 0 Å². The molecule has 0 unspecified atom stereocenters. The van der Waals surface area contributed by atoms with Gasteiger partial charge in [-0.3, -0.25) is 0 Å². The molecule has 1 aliphatic carbocycles. The van der Waals surface area contributed by atoms with Crippen LogP contribution in [-0.4, -0.2) is 12.0 Å². The van der Waals surface area contributed by atoms with Crippen LogP contribution in [-0.2, 0) is 0 Å². The lowest BCUT2D eigenvalue weighted by Gasteiger charge is -2.36. The first-order valence-corrected chi connectivity index (χ1v) is 7.46. The Bertz CT molecular complexity index is 357. The number of anilines is 1. The fourth-order valence-corrected chi connectivity index (χ4v) is 3.77. The molecule has 0 aliphatic heterocycles. The van der Waals surface area contributed by atoms with Gasteiger partial charge in [0, 0.05) is 18.1 Å². The van der Waals surface area contributed by atoms with Gasteiger partial charge in [-0.05, 0) is 42.9 Å². The van der Waals surface area contributed by atoms with Crippen molar-refractivity contribution >= 4 is 16.5 Å². The standard InChI is InChI=1S/C14H24N2S/c1-14(2,3)11-7-5-10(6-8-11)12-9-16-13(15-4)17-12/h9-11H,5-8H2,1-4H3,(H,15,16). The van der Waals surface area contributed by atoms with Gasteiger partial charge in [0.1, 0.15) is 0 Å². The van der Waals surface area contributed by atoms with E-state index in [9.17, 15) is 0 Å². The predicted octanol–water partition coefficient (Wildman–Crippen LogP) is 4.50. The molecule has 1 N–H and O–H groups in total. The molecule has 0 aromatic carbocycles. The molecule has 2 rings (SSSR count). The molecule has 1 aromatic rings. The van der Waals surface area contributed by atoms with Gasteiger partial charge in [-0.15, -0.1) is 11.3 Å². The molecule has 1 heterocycles. The molecule has 0 saturated heterocycles. The maximum Gasteiger partial charge on any atom is 0.182 e. The highest BCUT2D eigenvalue weighted by Gasteiger charge is 2.30. The van der Waals surface area contributed by atoms with E-state index in [-0.39, 0.29) is 0 Å². The van der Waals surface area contributed by atoms with E-state index in [1.165, 1.54) is 30.6 Å². The number of nitrogens with zero attached hydrogens (tertiary/aromatic N) is 1. The summed E-state index contributed by atoms with van der Waals surface area (Å²) in [5.41, 5.74) is 0.481. The molecule has 17 heavy (non-hydrogen) atoms. The molecule has 96 valence electrons. The van der Waals surface area contributed by atoms with Crippen LogP contribution in [0.25, 0.3) is 0 Å². The van der Waals surface area contributed by atoms with Crippen LogP contribution in [0.15, 0.2) is 6.20 Å². The Morgan fingerprint density at radius 3 is 2.35 bits per heavy atom. The normalized spacial score (nSPS) is 25.9. The van der Waals surface area contributed by atoms with Gasteiger partial charge in [0.05, 0.1) is 0 Å². The third-order valence-corrected chi connectivity index (χ3v) is 5.27. The SMILES string of the molecule is CNc1ncc(C2CCC(C(C)(C)C)CC2)s1. The summed E-state index contributed by atoms with van der Waals surface area (Å²) in [5, 5.41) is 4.18. The molecule has 3 heteroatoms. The summed E-state index contributed by atoms with van der Waals surface area (Å²) in [5.74, 6) is 1.66. The number of hydrogen-bond acceptors (Lipinski definition) is 3. The summed E-state index contributed by atoms with van der Waals surface area (Å²) in [6.45, 7) is 7.14. The first-order chi connectivity index (χ1) is 8.00. The minimum atomic E-state index is 0.481. The molecule has 1 aliphatic rings. The van der Waals surface area contributed by atoms with Crippen LogP contribution in [0.3, 0.4) is 0 Å². The molecular weight excluding hydrogens is 228 g/mol. The molecule has 1 fully saturated rings. The predicted molar refractivity (Wildman–Crippen MR) is 75.8 cm³/mol. The van der Waals surface area contributed by atoms with E-state index in [0.717, 1.165) is 17.0 Å². The fourth-order valence-electron chi connectivity index (χ4n) is 2.83. The van der Waals surface area contributed by atoms with Crippen molar-refractivity contribution in [3.8, 4) is 0 Å². The van der Waals surface area contributed by atoms with Gasteiger partial charge in [0.2, 0.25) is 0 Å². The number of aromatic nitrogens is 1. The monoisotopic (exact) mass is 252 g/mol. The van der Waals surface area contributed by atoms with E-state index in [0.29, 0.717) is 5.41 Å². The van der Waals surface area contributed by atoms with Crippen molar-refractivity contribution < 1.29 is 0 Å². The van der Waals surface area contributed by atoms with Crippen molar-refractivity contribution in [2.24, 2.45) is 11.3 Å². The van der Waals surface area contributed by atoms with Crippen LogP contribution in [0, 0.1) is 11.3 Å². The molecule has 1 saturated carbocycles. The largest absolute Gasteiger partial charge is 0.365 e. The zero-order valence-corrected chi connectivity index (χ0v) is 12.2. The van der Waals surface area contributed by atoms with Gasteiger partial charge >= 0.3 is 0 Å². The molecule has 0 amide bonds. The smallest absolute Gasteiger partial charge is 0.182 e. The van der Waals surface area contributed by atoms with Crippen LogP contribution >= 0.6 is 11.3 Å². The molecule has 0 bridgehead atoms. The lowest BCUT2D eigenvalue weighted by Crippen LogP contribution is -2.25. The molecule has 1 aromatic heterocycles. The summed E-state index contributed by atoms with van der Waals surface area (Å²) >= 11 is 1.83. The lowest BCUT2D eigenvalue weighted by molar-refractivity contribution is 0.170. The second kappa shape index (κ2) is 4.97. The highest BCUT2D eigenvalue weighted by Crippen LogP contribution is 2.44. The van der Waals surface area contributed by atoms with Gasteiger partial charge < -0.3 is 5.32 Å². The number of rotatable bonds is 2. The number of thiazole rings is 1. The van der Waals surface area contributed by atoms with Crippen LogP contribution in [0.2, 0.25) is 0 Å². The summed E-state index contributed by atoms with van der Waals surface area (Å²) in [7, 11) is 1.94. The maximum atomic E-state index is 4.39. The molecule has 2 nitrogen and oxygen atoms in total. The summed E-state index contributed by atoms with van der Waals surface area (Å²) in [6, 6.07) is 0. The number of hydrogen-bond donors (Lipinski definition) is 1. The fraction of sp³-hybridized carbons (Fsp3) is 0.786. The van der Waals surface area contributed by atoms with Gasteiger partial charge in [-0.1, -0.05) is 20.8 Å². The Balaban J connectivity index is 1.95. The minimum Gasteiger partial charge on any atom is -0.365 e. The average molecular weight is 252 g/mol. The van der Waals surface area contributed by atoms with Gasteiger partial charge in [-0.2, -0.15) is 0 Å². The van der Waals surface area contributed by atoms with E-state index in [2.05, 4.69) is 37.3 Å². The molecule has 0 spiro atoms. The zero-order chi connectivity index (χ0) is 12.5. The zero-order valence-electron chi connectivity index (χ0n) is 11.4. The minimum absolute atomic E-state index is 0.481. The Hall–Kier alpha value is -0.570. The first-order valence-electron chi connectivity index (χ1n) is 6.64. The summed E-state index contributed by atoms with van der Waals surface area (Å²) < 4.78 is 0. The second-order valence-corrected chi connectivity index (χ2v) is 7.29. The van der Waals surface area contributed by atoms with Crippen LogP contribution in [0.4, 0.5) is 5.13 Å². The van der Waals surface area contributed by atoms with Crippen molar-refractivity contribution in [1.82, 2.24) is 4.98 Å². The van der Waals surface area contributed by atoms with E-state index in [1.54, 1.807) is 0 Å². The quantitative estimate of drug-likeness (QED) is 0.838. The van der Waals surface area contributed by atoms with Crippen molar-refractivity contribution in [2.75, 3.05) is 12.4 Å². The lowest BCUT2D eigenvalue weighted by atomic mass is 9.70. The molecule has 0 radical (unpaired) electrons. The third-order valence-electron chi connectivity index (χ3n) is 4.09. The summed E-state index contributed by atoms with van der Waals surface area (Å²) in [4.78, 5) is 5.86. The van der Waals surface area contributed by atoms with Gasteiger partial charge in [0.25, 0.3) is 0 Å². The van der Waals surface area contributed by atoms with Gasteiger partial charge in [-0.25, -0.2) is 4.98 Å². The van der Waals surface area contributed by atoms with Crippen molar-refractivity contribution in [3.63, 3.8) is 0 Å². The van der Waals surface area contributed by atoms with E-state index in [1.807, 2.05) is 18.4 Å². The summed E-state index contributed by atoms with van der Waals surface area (Å²) in [6.07, 6.45) is 7.50. The highest BCUT2D eigenvalue weighted by molar-refractivity contribution is 7.15. The third kappa shape index (κ3) is 3.01. The molecular formula is C14H24N2S. The van der Waals surface area contributed by atoms with E-state index in [4.69, 9.17) is 0 Å². The highest BCUT2D eigenvalue weighted by atomic mass is 32.1. The average Bonchev–Trinajstić information content (AvgIpc) is 2.76. The second-order valence-electron chi connectivity index (χ2n) is 6.23. The Labute approximate surface area is 109 Å². The van der Waals surface area contributed by atoms with E-state index >= 15 is 0 Å². The van der Waals surface area contributed by atoms with Crippen LogP contribution in [0.5, 0.6) is 0 Å². The topological polar surface area (TPSA) is 24.9 Å². The van der Waals surface area contributed by atoms with Gasteiger partial charge in [0.15, 0.2) is 5.13 Å². The first kappa shape index (κ1) is 12.9. The van der Waals surface area contributed by atoms with E-state index < -0.39 is 0 Å². The Morgan fingerprint density at radius 1 is 1.24 bits per heavy atom. The van der Waals surface area contributed by atoms with Crippen LogP contribution < -0.4 is 5.32 Å². The van der Waals surface area contributed by atoms with Crippen molar-refractivity contribution in [2.45, 2.75) is 52.4 Å².